The average molecular weight is 577 g/mol. The molecule has 0 atom stereocenters. The molecule has 5 rings (SSSR count). The molecule has 3 heterocycles. The molecule has 11 heteroatoms. The van der Waals surface area contributed by atoms with Crippen LogP contribution in [0.2, 0.25) is 0 Å². The summed E-state index contributed by atoms with van der Waals surface area (Å²) in [7, 11) is 0. The third kappa shape index (κ3) is 8.23. The number of hydrogen-bond acceptors (Lipinski definition) is 11. The Balaban J connectivity index is 1.23. The van der Waals surface area contributed by atoms with Crippen LogP contribution in [0.4, 0.5) is 17.6 Å². The summed E-state index contributed by atoms with van der Waals surface area (Å²) in [5, 5.41) is 4.47. The topological polar surface area (TPSA) is 103 Å². The Morgan fingerprint density at radius 2 is 1.50 bits per heavy atom. The van der Waals surface area contributed by atoms with Crippen molar-refractivity contribution >= 4 is 23.8 Å². The van der Waals surface area contributed by atoms with Gasteiger partial charge in [0.25, 0.3) is 0 Å². The highest BCUT2D eigenvalue weighted by Crippen LogP contribution is 2.28. The molecule has 0 saturated carbocycles. The molecular formula is C31H40N6O5. The van der Waals surface area contributed by atoms with Gasteiger partial charge in [0.15, 0.2) is 17.3 Å². The molecule has 0 unspecified atom stereocenters. The molecule has 2 aromatic carbocycles. The number of morpholine rings is 2. The molecule has 0 aliphatic carbocycles. The molecule has 2 fully saturated rings. The van der Waals surface area contributed by atoms with E-state index in [1.807, 2.05) is 43.3 Å². The van der Waals surface area contributed by atoms with Gasteiger partial charge in [-0.2, -0.15) is 15.1 Å². The zero-order chi connectivity index (χ0) is 29.1. The minimum atomic E-state index is 0.396. The molecule has 11 nitrogen and oxygen atoms in total. The molecular weight excluding hydrogens is 536 g/mol. The van der Waals surface area contributed by atoms with Crippen molar-refractivity contribution < 1.29 is 23.7 Å². The van der Waals surface area contributed by atoms with Crippen LogP contribution in [0.15, 0.2) is 47.6 Å². The molecule has 3 aromatic rings. The van der Waals surface area contributed by atoms with Crippen molar-refractivity contribution in [2.75, 3.05) is 87.7 Å². The van der Waals surface area contributed by atoms with E-state index in [2.05, 4.69) is 40.2 Å². The quantitative estimate of drug-likeness (QED) is 0.193. The molecule has 2 saturated heterocycles. The van der Waals surface area contributed by atoms with Crippen LogP contribution in [0.25, 0.3) is 0 Å². The third-order valence-corrected chi connectivity index (χ3v) is 6.79. The third-order valence-electron chi connectivity index (χ3n) is 6.79. The van der Waals surface area contributed by atoms with Crippen molar-refractivity contribution in [3.8, 4) is 17.2 Å². The second kappa shape index (κ2) is 14.7. The number of nitrogens with zero attached hydrogens (tertiary/aromatic N) is 5. The van der Waals surface area contributed by atoms with Crippen LogP contribution >= 0.6 is 0 Å². The maximum absolute atomic E-state index is 5.99. The summed E-state index contributed by atoms with van der Waals surface area (Å²) in [5.74, 6) is 4.30. The lowest BCUT2D eigenvalue weighted by molar-refractivity contribution is 0.121. The highest BCUT2D eigenvalue weighted by atomic mass is 16.5. The maximum atomic E-state index is 5.99. The van der Waals surface area contributed by atoms with Crippen molar-refractivity contribution in [1.82, 2.24) is 9.97 Å². The second-order valence-corrected chi connectivity index (χ2v) is 10.1. The Morgan fingerprint density at radius 3 is 2.21 bits per heavy atom. The van der Waals surface area contributed by atoms with E-state index in [9.17, 15) is 0 Å². The van der Waals surface area contributed by atoms with Gasteiger partial charge in [-0.25, -0.2) is 0 Å². The fourth-order valence-electron chi connectivity index (χ4n) is 4.83. The van der Waals surface area contributed by atoms with Crippen molar-refractivity contribution in [3.05, 3.63) is 59.2 Å². The minimum Gasteiger partial charge on any atom is -0.490 e. The van der Waals surface area contributed by atoms with E-state index < -0.39 is 0 Å². The number of aromatic nitrogens is 2. The van der Waals surface area contributed by atoms with Crippen molar-refractivity contribution in [2.45, 2.75) is 20.8 Å². The molecule has 0 spiro atoms. The monoisotopic (exact) mass is 576 g/mol. The lowest BCUT2D eigenvalue weighted by atomic mass is 10.1. The van der Waals surface area contributed by atoms with Crippen LogP contribution in [0.5, 0.6) is 17.2 Å². The van der Waals surface area contributed by atoms with Gasteiger partial charge in [-0.15, -0.1) is 0 Å². The number of rotatable bonds is 12. The summed E-state index contributed by atoms with van der Waals surface area (Å²) in [6.07, 6.45) is 1.74. The van der Waals surface area contributed by atoms with Gasteiger partial charge in [0.2, 0.25) is 5.95 Å². The Bertz CT molecular complexity index is 1280. The Kier molecular flexibility index (Phi) is 10.3. The van der Waals surface area contributed by atoms with E-state index in [0.29, 0.717) is 69.5 Å². The van der Waals surface area contributed by atoms with Crippen LogP contribution in [-0.4, -0.2) is 88.6 Å². The van der Waals surface area contributed by atoms with Crippen LogP contribution in [-0.2, 0) is 9.47 Å². The Labute approximate surface area is 247 Å². The van der Waals surface area contributed by atoms with E-state index in [1.165, 1.54) is 11.1 Å². The van der Waals surface area contributed by atoms with Gasteiger partial charge < -0.3 is 33.5 Å². The van der Waals surface area contributed by atoms with Crippen LogP contribution in [0.1, 0.15) is 23.6 Å². The summed E-state index contributed by atoms with van der Waals surface area (Å²) >= 11 is 0. The van der Waals surface area contributed by atoms with E-state index >= 15 is 0 Å². The summed E-state index contributed by atoms with van der Waals surface area (Å²) in [6.45, 7) is 13.2. The molecule has 0 radical (unpaired) electrons. The SMILES string of the molecule is CCOc1cc(/C=N\Nc2cc(N3CCOCC3)nc(N3CCOCC3)n2)ccc1OCCOc1cc(C)cc(C)c1. The fourth-order valence-corrected chi connectivity index (χ4v) is 4.83. The Hall–Kier alpha value is -4.09. The fraction of sp³-hybridized carbons (Fsp3) is 0.452. The molecule has 2 aliphatic heterocycles. The van der Waals surface area contributed by atoms with Gasteiger partial charge in [-0.1, -0.05) is 6.07 Å². The van der Waals surface area contributed by atoms with Gasteiger partial charge in [0, 0.05) is 32.2 Å². The summed E-state index contributed by atoms with van der Waals surface area (Å²) in [5.41, 5.74) is 6.30. The number of hydrazone groups is 1. The smallest absolute Gasteiger partial charge is 0.229 e. The van der Waals surface area contributed by atoms with E-state index in [4.69, 9.17) is 33.7 Å². The largest absolute Gasteiger partial charge is 0.490 e. The molecule has 0 bridgehead atoms. The van der Waals surface area contributed by atoms with Crippen molar-refractivity contribution in [2.24, 2.45) is 5.10 Å². The lowest BCUT2D eigenvalue weighted by Crippen LogP contribution is -2.39. The zero-order valence-electron chi connectivity index (χ0n) is 24.7. The van der Waals surface area contributed by atoms with Gasteiger partial charge in [0.1, 0.15) is 24.8 Å². The van der Waals surface area contributed by atoms with Gasteiger partial charge in [-0.3, -0.25) is 5.43 Å². The molecule has 0 amide bonds. The number of ether oxygens (including phenoxy) is 5. The number of hydrogen-bond donors (Lipinski definition) is 1. The van der Waals surface area contributed by atoms with Crippen LogP contribution < -0.4 is 29.4 Å². The standard InChI is InChI=1S/C31H40N6O5/c1-4-40-28-20-25(5-6-27(28)42-16-15-41-26-18-23(2)17-24(3)19-26)22-32-35-29-21-30(36-7-11-38-12-8-36)34-31(33-29)37-9-13-39-14-10-37/h5-6,17-22H,4,7-16H2,1-3H3,(H,33,34,35)/b32-22-. The maximum Gasteiger partial charge on any atom is 0.229 e. The molecule has 42 heavy (non-hydrogen) atoms. The highest BCUT2D eigenvalue weighted by molar-refractivity contribution is 5.81. The average Bonchev–Trinajstić information content (AvgIpc) is 3.00. The summed E-state index contributed by atoms with van der Waals surface area (Å²) < 4.78 is 28.8. The first-order chi connectivity index (χ1) is 20.6. The predicted octanol–water partition coefficient (Wildman–Crippen LogP) is 4.07. The molecule has 1 aromatic heterocycles. The lowest BCUT2D eigenvalue weighted by Gasteiger charge is -2.31. The van der Waals surface area contributed by atoms with Gasteiger partial charge in [0.05, 0.1) is 39.2 Å². The zero-order valence-corrected chi connectivity index (χ0v) is 24.7. The molecule has 2 aliphatic rings. The van der Waals surface area contributed by atoms with E-state index in [1.54, 1.807) is 6.21 Å². The Morgan fingerprint density at radius 1 is 0.810 bits per heavy atom. The first-order valence-electron chi connectivity index (χ1n) is 14.5. The van der Waals surface area contributed by atoms with Crippen molar-refractivity contribution in [3.63, 3.8) is 0 Å². The first kappa shape index (κ1) is 29.4. The highest BCUT2D eigenvalue weighted by Gasteiger charge is 2.19. The minimum absolute atomic E-state index is 0.396. The van der Waals surface area contributed by atoms with E-state index in [0.717, 1.165) is 43.3 Å². The van der Waals surface area contributed by atoms with Gasteiger partial charge >= 0.3 is 0 Å². The number of nitrogens with one attached hydrogen (secondary N) is 1. The van der Waals surface area contributed by atoms with Crippen LogP contribution in [0.3, 0.4) is 0 Å². The number of benzene rings is 2. The van der Waals surface area contributed by atoms with E-state index in [-0.39, 0.29) is 0 Å². The van der Waals surface area contributed by atoms with Crippen LogP contribution in [0, 0.1) is 13.8 Å². The molecule has 1 N–H and O–H groups in total. The predicted molar refractivity (Wildman–Crippen MR) is 164 cm³/mol. The number of aryl methyl sites for hydroxylation is 2. The first-order valence-corrected chi connectivity index (χ1v) is 14.5. The molecule has 224 valence electrons. The van der Waals surface area contributed by atoms with Crippen molar-refractivity contribution in [1.29, 1.82) is 0 Å². The summed E-state index contributed by atoms with van der Waals surface area (Å²) in [4.78, 5) is 13.9. The normalized spacial score (nSPS) is 15.6. The number of anilines is 3. The second-order valence-electron chi connectivity index (χ2n) is 10.1. The van der Waals surface area contributed by atoms with Gasteiger partial charge in [-0.05, 0) is 67.8 Å². The summed E-state index contributed by atoms with van der Waals surface area (Å²) in [6, 6.07) is 13.8.